The number of aldehydes is 1. The molecule has 0 atom stereocenters. The molecular weight excluding hydrogens is 340 g/mol. The molecule has 0 aliphatic carbocycles. The Hall–Kier alpha value is -3.06. The van der Waals surface area contributed by atoms with Crippen molar-refractivity contribution in [2.75, 3.05) is 25.5 Å². The van der Waals surface area contributed by atoms with E-state index in [-0.39, 0.29) is 5.84 Å². The minimum Gasteiger partial charge on any atom is -0.385 e. The lowest BCUT2D eigenvalue weighted by molar-refractivity contribution is 0.112. The summed E-state index contributed by atoms with van der Waals surface area (Å²) in [7, 11) is 2.07. The van der Waals surface area contributed by atoms with Gasteiger partial charge in [-0.25, -0.2) is 4.99 Å². The summed E-state index contributed by atoms with van der Waals surface area (Å²) < 4.78 is 0. The van der Waals surface area contributed by atoms with Crippen molar-refractivity contribution in [3.63, 3.8) is 0 Å². The summed E-state index contributed by atoms with van der Waals surface area (Å²) in [6.07, 6.45) is 5.60. The highest BCUT2D eigenvalue weighted by Gasteiger charge is 2.38. The van der Waals surface area contributed by atoms with Gasteiger partial charge in [-0.15, -0.1) is 0 Å². The minimum atomic E-state index is -0.562. The quantitative estimate of drug-likeness (QED) is 0.428. The molecule has 4 N–H and O–H groups in total. The number of carbonyl (C=O) groups is 1. The van der Waals surface area contributed by atoms with Gasteiger partial charge in [0.05, 0.1) is 5.54 Å². The standard InChI is InChI=1S/C20H24N6O/c1-26-11-7-20(8-12-26,25-17-4-2-3-15(13-17)14-27)19(22)24-18(21)16-5-9-23-10-6-16/h2-6,9-10,13-14,25H,7-8,11-12H2,1H3,(H3,21,22,24). The molecule has 0 saturated carbocycles. The number of rotatable bonds is 5. The molecule has 1 aromatic carbocycles. The lowest BCUT2D eigenvalue weighted by atomic mass is 9.85. The number of carbonyl (C=O) groups excluding carboxylic acids is 1. The molecule has 0 amide bonds. The van der Waals surface area contributed by atoms with Gasteiger partial charge < -0.3 is 16.0 Å². The number of nitrogens with two attached hydrogens (primary N) is 1. The van der Waals surface area contributed by atoms with Crippen molar-refractivity contribution in [2.24, 2.45) is 10.7 Å². The number of nitrogens with one attached hydrogen (secondary N) is 2. The maximum absolute atomic E-state index is 11.1. The van der Waals surface area contributed by atoms with Crippen LogP contribution in [0.25, 0.3) is 0 Å². The first-order valence-electron chi connectivity index (χ1n) is 8.88. The fraction of sp³-hybridized carbons (Fsp3) is 0.300. The van der Waals surface area contributed by atoms with Crippen molar-refractivity contribution >= 4 is 23.6 Å². The third-order valence-corrected chi connectivity index (χ3v) is 4.92. The van der Waals surface area contributed by atoms with Crippen LogP contribution in [-0.4, -0.2) is 53.5 Å². The van der Waals surface area contributed by atoms with Crippen LogP contribution in [0.2, 0.25) is 0 Å². The van der Waals surface area contributed by atoms with Crippen molar-refractivity contribution in [3.8, 4) is 0 Å². The summed E-state index contributed by atoms with van der Waals surface area (Å²) in [6.45, 7) is 1.72. The molecule has 2 heterocycles. The molecule has 7 heteroatoms. The molecule has 0 bridgehead atoms. The lowest BCUT2D eigenvalue weighted by Crippen LogP contribution is -2.56. The highest BCUT2D eigenvalue weighted by atomic mass is 16.1. The van der Waals surface area contributed by atoms with Crippen LogP contribution >= 0.6 is 0 Å². The smallest absolute Gasteiger partial charge is 0.154 e. The number of likely N-dealkylation sites (tertiary alicyclic amines) is 1. The molecule has 3 rings (SSSR count). The molecule has 7 nitrogen and oxygen atoms in total. The molecule has 27 heavy (non-hydrogen) atoms. The van der Waals surface area contributed by atoms with Crippen molar-refractivity contribution in [3.05, 3.63) is 59.9 Å². The van der Waals surface area contributed by atoms with E-state index in [1.165, 1.54) is 0 Å². The fourth-order valence-electron chi connectivity index (χ4n) is 3.21. The molecule has 0 radical (unpaired) electrons. The summed E-state index contributed by atoms with van der Waals surface area (Å²) >= 11 is 0. The summed E-state index contributed by atoms with van der Waals surface area (Å²) in [6, 6.07) is 10.8. The summed E-state index contributed by atoms with van der Waals surface area (Å²) in [4.78, 5) is 21.7. The second-order valence-corrected chi connectivity index (χ2v) is 6.84. The third-order valence-electron chi connectivity index (χ3n) is 4.92. The van der Waals surface area contributed by atoms with Crippen LogP contribution in [-0.2, 0) is 0 Å². The highest BCUT2D eigenvalue weighted by Crippen LogP contribution is 2.27. The number of piperidine rings is 1. The number of aliphatic imine (C=N–C) groups is 1. The SMILES string of the molecule is CN1CCC(Nc2cccc(C=O)c2)(C(N)=NC(=N)c2ccncc2)CC1. The van der Waals surface area contributed by atoms with Gasteiger partial charge in [0.25, 0.3) is 0 Å². The number of anilines is 1. The van der Waals surface area contributed by atoms with E-state index in [4.69, 9.17) is 11.1 Å². The molecule has 1 aliphatic rings. The summed E-state index contributed by atoms with van der Waals surface area (Å²) in [5.41, 5.74) is 7.95. The van der Waals surface area contributed by atoms with Crippen LogP contribution in [0.5, 0.6) is 0 Å². The van der Waals surface area contributed by atoms with E-state index in [2.05, 4.69) is 27.2 Å². The molecule has 0 spiro atoms. The van der Waals surface area contributed by atoms with E-state index in [1.54, 1.807) is 36.7 Å². The Labute approximate surface area is 158 Å². The zero-order valence-electron chi connectivity index (χ0n) is 15.4. The lowest BCUT2D eigenvalue weighted by Gasteiger charge is -2.41. The van der Waals surface area contributed by atoms with Crippen LogP contribution in [0.4, 0.5) is 5.69 Å². The Morgan fingerprint density at radius 2 is 2.00 bits per heavy atom. The molecule has 0 unspecified atom stereocenters. The number of nitrogens with zero attached hydrogens (tertiary/aromatic N) is 3. The van der Waals surface area contributed by atoms with Gasteiger partial charge in [0.2, 0.25) is 0 Å². The predicted molar refractivity (Wildman–Crippen MR) is 108 cm³/mol. The van der Waals surface area contributed by atoms with Gasteiger partial charge in [0.1, 0.15) is 12.1 Å². The molecule has 1 aromatic heterocycles. The predicted octanol–water partition coefficient (Wildman–Crippen LogP) is 2.15. The summed E-state index contributed by atoms with van der Waals surface area (Å²) in [5, 5.41) is 11.8. The number of pyridine rings is 1. The average molecular weight is 364 g/mol. The Morgan fingerprint density at radius 3 is 2.67 bits per heavy atom. The Morgan fingerprint density at radius 1 is 1.30 bits per heavy atom. The molecule has 2 aromatic rings. The zero-order valence-corrected chi connectivity index (χ0v) is 15.4. The molecular formula is C20H24N6O. The first kappa shape index (κ1) is 18.7. The monoisotopic (exact) mass is 364 g/mol. The molecule has 1 fully saturated rings. The first-order valence-corrected chi connectivity index (χ1v) is 8.88. The number of aromatic nitrogens is 1. The van der Waals surface area contributed by atoms with Gasteiger partial charge in [-0.2, -0.15) is 0 Å². The largest absolute Gasteiger partial charge is 0.385 e. The van der Waals surface area contributed by atoms with E-state index in [0.29, 0.717) is 17.0 Å². The van der Waals surface area contributed by atoms with Crippen molar-refractivity contribution in [1.82, 2.24) is 9.88 Å². The van der Waals surface area contributed by atoms with Crippen LogP contribution in [0.1, 0.15) is 28.8 Å². The van der Waals surface area contributed by atoms with Crippen LogP contribution in [0.3, 0.4) is 0 Å². The van der Waals surface area contributed by atoms with E-state index >= 15 is 0 Å². The maximum atomic E-state index is 11.1. The number of benzene rings is 1. The second-order valence-electron chi connectivity index (χ2n) is 6.84. The van der Waals surface area contributed by atoms with Crippen LogP contribution in [0.15, 0.2) is 53.8 Å². The average Bonchev–Trinajstić information content (AvgIpc) is 2.70. The zero-order chi connectivity index (χ0) is 19.3. The van der Waals surface area contributed by atoms with E-state index in [1.807, 2.05) is 12.1 Å². The number of hydrogen-bond acceptors (Lipinski definition) is 5. The van der Waals surface area contributed by atoms with Gasteiger partial charge in [-0.05, 0) is 44.2 Å². The third kappa shape index (κ3) is 4.38. The van der Waals surface area contributed by atoms with Gasteiger partial charge in [0.15, 0.2) is 5.84 Å². The molecule has 1 aliphatic heterocycles. The van der Waals surface area contributed by atoms with E-state index in [9.17, 15) is 4.79 Å². The van der Waals surface area contributed by atoms with Gasteiger partial charge in [-0.3, -0.25) is 15.2 Å². The fourth-order valence-corrected chi connectivity index (χ4v) is 3.21. The Kier molecular flexibility index (Phi) is 5.61. The normalized spacial score (nSPS) is 17.3. The van der Waals surface area contributed by atoms with Crippen molar-refractivity contribution in [2.45, 2.75) is 18.4 Å². The Balaban J connectivity index is 1.91. The van der Waals surface area contributed by atoms with Crippen molar-refractivity contribution < 1.29 is 4.79 Å². The minimum absolute atomic E-state index is 0.108. The maximum Gasteiger partial charge on any atom is 0.154 e. The van der Waals surface area contributed by atoms with Gasteiger partial charge in [0, 0.05) is 42.3 Å². The van der Waals surface area contributed by atoms with E-state index in [0.717, 1.165) is 37.9 Å². The second kappa shape index (κ2) is 8.09. The van der Waals surface area contributed by atoms with Gasteiger partial charge >= 0.3 is 0 Å². The first-order chi connectivity index (χ1) is 13.0. The number of hydrogen-bond donors (Lipinski definition) is 3. The topological polar surface area (TPSA) is 107 Å². The Bertz CT molecular complexity index is 841. The summed E-state index contributed by atoms with van der Waals surface area (Å²) in [5.74, 6) is 0.491. The van der Waals surface area contributed by atoms with Crippen LogP contribution in [0, 0.1) is 5.41 Å². The van der Waals surface area contributed by atoms with E-state index < -0.39 is 5.54 Å². The number of amidine groups is 2. The molecule has 1 saturated heterocycles. The van der Waals surface area contributed by atoms with Gasteiger partial charge in [-0.1, -0.05) is 12.1 Å². The molecule has 140 valence electrons. The van der Waals surface area contributed by atoms with Crippen molar-refractivity contribution in [1.29, 1.82) is 5.41 Å². The van der Waals surface area contributed by atoms with Crippen LogP contribution < -0.4 is 11.1 Å². The highest BCUT2D eigenvalue weighted by molar-refractivity contribution is 6.07.